The predicted molar refractivity (Wildman–Crippen MR) is 131 cm³/mol. The van der Waals surface area contributed by atoms with E-state index in [1.54, 1.807) is 0 Å². The Morgan fingerprint density at radius 1 is 1.22 bits per heavy atom. The second kappa shape index (κ2) is 7.87. The Balaban J connectivity index is 1.37. The third kappa shape index (κ3) is 2.89. The van der Waals surface area contributed by atoms with Gasteiger partial charge in [-0.2, -0.15) is 0 Å². The monoisotopic (exact) mass is 502 g/mol. The number of carbonyl (C=O) groups excluding carboxylic acids is 1. The van der Waals surface area contributed by atoms with Gasteiger partial charge in [0.15, 0.2) is 12.1 Å². The van der Waals surface area contributed by atoms with E-state index in [2.05, 4.69) is 26.8 Å². The lowest BCUT2D eigenvalue weighted by Crippen LogP contribution is -2.63. The zero-order valence-electron chi connectivity index (χ0n) is 22.5. The Morgan fingerprint density at radius 2 is 1.97 bits per heavy atom. The first-order valence-electron chi connectivity index (χ1n) is 14.0. The molecule has 0 aromatic rings. The molecule has 4 bridgehead atoms. The van der Waals surface area contributed by atoms with Gasteiger partial charge in [-0.1, -0.05) is 38.8 Å². The van der Waals surface area contributed by atoms with Crippen molar-refractivity contribution in [2.45, 2.75) is 104 Å². The summed E-state index contributed by atoms with van der Waals surface area (Å²) in [7, 11) is 0. The number of allylic oxidation sites excluding steroid dienone is 1. The number of hydrogen-bond acceptors (Lipinski definition) is 6. The highest BCUT2D eigenvalue weighted by molar-refractivity contribution is 5.90. The molecule has 0 aromatic carbocycles. The SMILES string of the molecule is CC(C)C1=CC2CC3(C=O)[C@@H]4CC[C@@H](C)[C@H]4CC2(CO[C@H]2CC4OC(C)(C)OC4[C@@H](C)O2)C13C(=O)O. The normalized spacial score (nSPS) is 52.2. The summed E-state index contributed by atoms with van der Waals surface area (Å²) in [5.74, 6) is -0.471. The molecule has 0 amide bonds. The lowest BCUT2D eigenvalue weighted by Gasteiger charge is -2.58. The van der Waals surface area contributed by atoms with E-state index < -0.39 is 34.3 Å². The maximum Gasteiger partial charge on any atom is 0.315 e. The van der Waals surface area contributed by atoms with Crippen LogP contribution in [0.15, 0.2) is 11.6 Å². The van der Waals surface area contributed by atoms with Crippen molar-refractivity contribution in [1.29, 1.82) is 0 Å². The van der Waals surface area contributed by atoms with Crippen LogP contribution < -0.4 is 0 Å². The van der Waals surface area contributed by atoms with Crippen molar-refractivity contribution in [3.63, 3.8) is 0 Å². The number of hydrogen-bond donors (Lipinski definition) is 1. The van der Waals surface area contributed by atoms with Crippen LogP contribution in [0.2, 0.25) is 0 Å². The van der Waals surface area contributed by atoms with Crippen LogP contribution in [0, 0.1) is 45.8 Å². The summed E-state index contributed by atoms with van der Waals surface area (Å²) < 4.78 is 25.0. The van der Waals surface area contributed by atoms with Crippen molar-refractivity contribution < 1.29 is 33.6 Å². The summed E-state index contributed by atoms with van der Waals surface area (Å²) in [6.07, 6.45) is 6.29. The van der Waals surface area contributed by atoms with Gasteiger partial charge in [-0.05, 0) is 69.6 Å². The molecule has 200 valence electrons. The minimum Gasteiger partial charge on any atom is -0.481 e. The van der Waals surface area contributed by atoms with Gasteiger partial charge in [0.1, 0.15) is 17.8 Å². The van der Waals surface area contributed by atoms with Crippen molar-refractivity contribution in [3.05, 3.63) is 11.6 Å². The molecule has 7 nitrogen and oxygen atoms in total. The van der Waals surface area contributed by atoms with E-state index in [0.29, 0.717) is 24.7 Å². The number of carbonyl (C=O) groups is 2. The Labute approximate surface area is 214 Å². The summed E-state index contributed by atoms with van der Waals surface area (Å²) in [4.78, 5) is 26.7. The van der Waals surface area contributed by atoms with Gasteiger partial charge >= 0.3 is 5.97 Å². The van der Waals surface area contributed by atoms with E-state index in [4.69, 9.17) is 18.9 Å². The number of carboxylic acids is 1. The number of carboxylic acid groups (broad SMARTS) is 1. The Morgan fingerprint density at radius 3 is 2.64 bits per heavy atom. The first kappa shape index (κ1) is 25.0. The minimum absolute atomic E-state index is 0.0211. The van der Waals surface area contributed by atoms with Crippen LogP contribution in [0.1, 0.15) is 73.6 Å². The van der Waals surface area contributed by atoms with Gasteiger partial charge < -0.3 is 28.8 Å². The Kier molecular flexibility index (Phi) is 5.47. The van der Waals surface area contributed by atoms with Crippen molar-refractivity contribution in [2.24, 2.45) is 45.8 Å². The van der Waals surface area contributed by atoms with E-state index in [1.165, 1.54) is 0 Å². The van der Waals surface area contributed by atoms with Gasteiger partial charge in [0.2, 0.25) is 0 Å². The molecular formula is C29H42O7. The maximum atomic E-state index is 13.6. The standard InChI is InChI=1S/C29H42O7/c1-15(2)21-9-18-11-27(13-30)20-8-7-16(3)19(20)12-28(18,29(21,27)25(31)32)14-33-23-10-22-24(17(4)34-23)36-26(5,6)35-22/h9,13,15-20,22-24H,7-8,10-12,14H2,1-6H3,(H,31,32)/t16-,17-,18?,19-,20-,22?,23-,24?,27?,28?,29?/m1/s1. The average molecular weight is 503 g/mol. The largest absolute Gasteiger partial charge is 0.481 e. The van der Waals surface area contributed by atoms with Gasteiger partial charge in [0, 0.05) is 11.8 Å². The fourth-order valence-electron chi connectivity index (χ4n) is 9.99. The number of aldehydes is 1. The van der Waals surface area contributed by atoms with Crippen LogP contribution in [0.25, 0.3) is 0 Å². The number of fused-ring (bicyclic) bond motifs is 3. The number of ether oxygens (including phenoxy) is 4. The highest BCUT2D eigenvalue weighted by Crippen LogP contribution is 2.82. The van der Waals surface area contributed by atoms with Gasteiger partial charge in [0.05, 0.1) is 24.2 Å². The van der Waals surface area contributed by atoms with E-state index in [1.807, 2.05) is 20.8 Å². The van der Waals surface area contributed by atoms with Crippen LogP contribution in [0.4, 0.5) is 0 Å². The van der Waals surface area contributed by atoms with Crippen LogP contribution in [0.5, 0.6) is 0 Å². The summed E-state index contributed by atoms with van der Waals surface area (Å²) >= 11 is 0. The molecule has 3 saturated carbocycles. The van der Waals surface area contributed by atoms with Crippen LogP contribution in [-0.4, -0.2) is 54.4 Å². The summed E-state index contributed by atoms with van der Waals surface area (Å²) in [6, 6.07) is 0. The van der Waals surface area contributed by atoms with Gasteiger partial charge in [-0.25, -0.2) is 0 Å². The summed E-state index contributed by atoms with van der Waals surface area (Å²) in [6.45, 7) is 12.5. The third-order valence-electron chi connectivity index (χ3n) is 11.1. The Bertz CT molecular complexity index is 988. The molecule has 2 aliphatic heterocycles. The molecule has 36 heavy (non-hydrogen) atoms. The van der Waals surface area contributed by atoms with Gasteiger partial charge in [-0.3, -0.25) is 4.79 Å². The molecule has 2 saturated heterocycles. The zero-order chi connectivity index (χ0) is 25.8. The maximum absolute atomic E-state index is 13.6. The molecule has 0 aromatic heterocycles. The van der Waals surface area contributed by atoms with E-state index in [-0.39, 0.29) is 42.7 Å². The quantitative estimate of drug-likeness (QED) is 0.420. The van der Waals surface area contributed by atoms with Gasteiger partial charge in [-0.15, -0.1) is 0 Å². The second-order valence-corrected chi connectivity index (χ2v) is 13.4. The molecule has 6 rings (SSSR count). The average Bonchev–Trinajstić information content (AvgIpc) is 3.47. The van der Waals surface area contributed by atoms with Crippen molar-refractivity contribution in [2.75, 3.05) is 6.61 Å². The number of rotatable bonds is 6. The molecule has 2 heterocycles. The molecule has 4 aliphatic carbocycles. The minimum atomic E-state index is -1.22. The molecule has 5 fully saturated rings. The fourth-order valence-corrected chi connectivity index (χ4v) is 9.99. The fraction of sp³-hybridized carbons (Fsp3) is 0.862. The molecule has 0 spiro atoms. The lowest BCUT2D eigenvalue weighted by atomic mass is 9.43. The molecule has 6 aliphatic rings. The van der Waals surface area contributed by atoms with Crippen LogP contribution >= 0.6 is 0 Å². The Hall–Kier alpha value is -1.28. The molecular weight excluding hydrogens is 460 g/mol. The molecule has 1 N–H and O–H groups in total. The highest BCUT2D eigenvalue weighted by atomic mass is 16.8. The third-order valence-corrected chi connectivity index (χ3v) is 11.1. The second-order valence-electron chi connectivity index (χ2n) is 13.4. The highest BCUT2D eigenvalue weighted by Gasteiger charge is 2.84. The summed E-state index contributed by atoms with van der Waals surface area (Å²) in [5.41, 5.74) is -1.79. The zero-order valence-corrected chi connectivity index (χ0v) is 22.5. The molecule has 6 unspecified atom stereocenters. The van der Waals surface area contributed by atoms with E-state index >= 15 is 0 Å². The topological polar surface area (TPSA) is 91.3 Å². The smallest absolute Gasteiger partial charge is 0.315 e. The van der Waals surface area contributed by atoms with Crippen LogP contribution in [0.3, 0.4) is 0 Å². The van der Waals surface area contributed by atoms with Crippen LogP contribution in [-0.2, 0) is 28.5 Å². The summed E-state index contributed by atoms with van der Waals surface area (Å²) in [5, 5.41) is 11.1. The van der Waals surface area contributed by atoms with E-state index in [0.717, 1.165) is 31.1 Å². The number of aliphatic carboxylic acids is 1. The molecule has 7 heteroatoms. The lowest BCUT2D eigenvalue weighted by molar-refractivity contribution is -0.248. The van der Waals surface area contributed by atoms with E-state index in [9.17, 15) is 14.7 Å². The predicted octanol–water partition coefficient (Wildman–Crippen LogP) is 4.58. The van der Waals surface area contributed by atoms with Crippen molar-refractivity contribution >= 4 is 12.3 Å². The first-order chi connectivity index (χ1) is 16.9. The van der Waals surface area contributed by atoms with Crippen molar-refractivity contribution in [1.82, 2.24) is 0 Å². The first-order valence-corrected chi connectivity index (χ1v) is 14.0. The molecule has 11 atom stereocenters. The van der Waals surface area contributed by atoms with Gasteiger partial charge in [0.25, 0.3) is 0 Å². The molecule has 0 radical (unpaired) electrons. The van der Waals surface area contributed by atoms with Crippen molar-refractivity contribution in [3.8, 4) is 0 Å².